The Morgan fingerprint density at radius 2 is 2.31 bits per heavy atom. The molecule has 5 heteroatoms. The monoisotopic (exact) mass is 179 g/mol. The number of carboxylic acids is 1. The van der Waals surface area contributed by atoms with Crippen molar-refractivity contribution in [3.63, 3.8) is 0 Å². The average Bonchev–Trinajstić information content (AvgIpc) is 2.46. The van der Waals surface area contributed by atoms with Crippen LogP contribution in [0, 0.1) is 5.82 Å². The van der Waals surface area contributed by atoms with Gasteiger partial charge in [0.2, 0.25) is 0 Å². The van der Waals surface area contributed by atoms with Gasteiger partial charge in [0.05, 0.1) is 11.0 Å². The standard InChI is InChI=1S/C8H5FN2O2/c9-4-1-2-5-6(3-4)11-7(10-5)8(12)13/h1-3H,(H,10,11)(H,12,13)/p-1. The third-order valence-electron chi connectivity index (χ3n) is 1.64. The van der Waals surface area contributed by atoms with Crippen LogP contribution in [0.1, 0.15) is 10.6 Å². The normalized spacial score (nSPS) is 10.5. The van der Waals surface area contributed by atoms with Crippen molar-refractivity contribution in [3.8, 4) is 0 Å². The largest absolute Gasteiger partial charge is 0.542 e. The summed E-state index contributed by atoms with van der Waals surface area (Å²) in [5, 5.41) is 10.4. The number of hydrogen-bond donors (Lipinski definition) is 1. The van der Waals surface area contributed by atoms with Crippen LogP contribution in [0.2, 0.25) is 0 Å². The maximum Gasteiger partial charge on any atom is 0.154 e. The molecule has 0 amide bonds. The third kappa shape index (κ3) is 1.24. The van der Waals surface area contributed by atoms with E-state index in [0.29, 0.717) is 11.0 Å². The first-order valence-corrected chi connectivity index (χ1v) is 3.53. The molecule has 1 heterocycles. The molecular weight excluding hydrogens is 175 g/mol. The molecule has 1 aromatic carbocycles. The summed E-state index contributed by atoms with van der Waals surface area (Å²) in [5.41, 5.74) is 0.750. The van der Waals surface area contributed by atoms with E-state index >= 15 is 0 Å². The van der Waals surface area contributed by atoms with E-state index in [-0.39, 0.29) is 5.82 Å². The molecule has 0 atom stereocenters. The lowest BCUT2D eigenvalue weighted by molar-refractivity contribution is -0.255. The number of carboxylic acid groups (broad SMARTS) is 1. The zero-order valence-corrected chi connectivity index (χ0v) is 6.37. The fourth-order valence-corrected chi connectivity index (χ4v) is 1.08. The van der Waals surface area contributed by atoms with Crippen LogP contribution in [0.5, 0.6) is 0 Å². The maximum atomic E-state index is 12.6. The minimum Gasteiger partial charge on any atom is -0.542 e. The molecule has 0 spiro atoms. The Kier molecular flexibility index (Phi) is 1.51. The predicted octanol–water partition coefficient (Wildman–Crippen LogP) is 0.0655. The quantitative estimate of drug-likeness (QED) is 0.673. The zero-order valence-electron chi connectivity index (χ0n) is 6.37. The number of nitrogens with one attached hydrogen (secondary N) is 1. The molecule has 1 aromatic heterocycles. The molecule has 0 saturated carbocycles. The summed E-state index contributed by atoms with van der Waals surface area (Å²) in [7, 11) is 0. The van der Waals surface area contributed by atoms with Gasteiger partial charge in [-0.2, -0.15) is 0 Å². The van der Waals surface area contributed by atoms with Gasteiger partial charge in [0, 0.05) is 0 Å². The van der Waals surface area contributed by atoms with E-state index in [1.165, 1.54) is 18.2 Å². The Morgan fingerprint density at radius 3 is 3.00 bits per heavy atom. The van der Waals surface area contributed by atoms with Crippen molar-refractivity contribution in [1.82, 2.24) is 9.97 Å². The molecule has 13 heavy (non-hydrogen) atoms. The van der Waals surface area contributed by atoms with Crippen molar-refractivity contribution >= 4 is 17.0 Å². The fourth-order valence-electron chi connectivity index (χ4n) is 1.08. The second kappa shape index (κ2) is 2.55. The van der Waals surface area contributed by atoms with Crippen LogP contribution in [0.4, 0.5) is 4.39 Å². The minimum absolute atomic E-state index is 0.291. The van der Waals surface area contributed by atoms with Crippen LogP contribution in [0.3, 0.4) is 0 Å². The van der Waals surface area contributed by atoms with Gasteiger partial charge in [-0.15, -0.1) is 0 Å². The molecule has 66 valence electrons. The summed E-state index contributed by atoms with van der Waals surface area (Å²) >= 11 is 0. The lowest BCUT2D eigenvalue weighted by Gasteiger charge is -1.91. The first kappa shape index (κ1) is 7.72. The van der Waals surface area contributed by atoms with Crippen molar-refractivity contribution in [1.29, 1.82) is 0 Å². The van der Waals surface area contributed by atoms with Crippen molar-refractivity contribution in [2.24, 2.45) is 0 Å². The van der Waals surface area contributed by atoms with Crippen LogP contribution in [0.25, 0.3) is 11.0 Å². The molecule has 1 N–H and O–H groups in total. The number of rotatable bonds is 1. The third-order valence-corrected chi connectivity index (χ3v) is 1.64. The average molecular weight is 179 g/mol. The number of halogens is 1. The molecule has 4 nitrogen and oxygen atoms in total. The van der Waals surface area contributed by atoms with Crippen LogP contribution in [-0.4, -0.2) is 15.9 Å². The minimum atomic E-state index is -1.41. The summed E-state index contributed by atoms with van der Waals surface area (Å²) in [6.45, 7) is 0. The molecule has 0 aliphatic heterocycles. The first-order valence-electron chi connectivity index (χ1n) is 3.53. The van der Waals surface area contributed by atoms with E-state index in [1.807, 2.05) is 0 Å². The van der Waals surface area contributed by atoms with E-state index < -0.39 is 11.8 Å². The molecule has 2 aromatic rings. The van der Waals surface area contributed by atoms with Gasteiger partial charge in [-0.05, 0) is 18.2 Å². The number of carbonyl (C=O) groups is 1. The van der Waals surface area contributed by atoms with E-state index in [9.17, 15) is 14.3 Å². The van der Waals surface area contributed by atoms with Gasteiger partial charge in [-0.3, -0.25) is 0 Å². The Bertz CT molecular complexity index is 478. The Morgan fingerprint density at radius 1 is 1.54 bits per heavy atom. The molecular formula is C8H4FN2O2-. The number of carbonyl (C=O) groups excluding carboxylic acids is 1. The second-order valence-electron chi connectivity index (χ2n) is 2.53. The van der Waals surface area contributed by atoms with Crippen LogP contribution >= 0.6 is 0 Å². The summed E-state index contributed by atoms with van der Waals surface area (Å²) in [5.74, 6) is -2.14. The van der Waals surface area contributed by atoms with Gasteiger partial charge in [0.15, 0.2) is 5.82 Å². The highest BCUT2D eigenvalue weighted by Gasteiger charge is 2.03. The van der Waals surface area contributed by atoms with Gasteiger partial charge in [0.1, 0.15) is 11.8 Å². The number of hydrogen-bond acceptors (Lipinski definition) is 3. The van der Waals surface area contributed by atoms with Gasteiger partial charge >= 0.3 is 0 Å². The topological polar surface area (TPSA) is 68.8 Å². The molecule has 0 aliphatic rings. The number of aromatic carboxylic acids is 1. The zero-order chi connectivity index (χ0) is 9.42. The van der Waals surface area contributed by atoms with Crippen molar-refractivity contribution < 1.29 is 14.3 Å². The Balaban J connectivity index is 2.68. The smallest absolute Gasteiger partial charge is 0.154 e. The van der Waals surface area contributed by atoms with Gasteiger partial charge in [-0.1, -0.05) is 0 Å². The van der Waals surface area contributed by atoms with E-state index in [2.05, 4.69) is 9.97 Å². The fraction of sp³-hybridized carbons (Fsp3) is 0. The van der Waals surface area contributed by atoms with Gasteiger partial charge in [-0.25, -0.2) is 9.37 Å². The molecule has 0 unspecified atom stereocenters. The number of aromatic amines is 1. The molecule has 0 bridgehead atoms. The second-order valence-corrected chi connectivity index (χ2v) is 2.53. The van der Waals surface area contributed by atoms with E-state index in [4.69, 9.17) is 0 Å². The number of aromatic nitrogens is 2. The first-order chi connectivity index (χ1) is 6.16. The number of nitrogens with zero attached hydrogens (tertiary/aromatic N) is 1. The highest BCUT2D eigenvalue weighted by atomic mass is 19.1. The summed E-state index contributed by atoms with van der Waals surface area (Å²) in [4.78, 5) is 16.4. The van der Waals surface area contributed by atoms with Crippen LogP contribution < -0.4 is 5.11 Å². The number of imidazole rings is 1. The summed E-state index contributed by atoms with van der Waals surface area (Å²) in [6.07, 6.45) is 0. The highest BCUT2D eigenvalue weighted by molar-refractivity contribution is 5.87. The summed E-state index contributed by atoms with van der Waals surface area (Å²) in [6, 6.07) is 3.78. The van der Waals surface area contributed by atoms with Crippen LogP contribution in [-0.2, 0) is 0 Å². The molecule has 0 radical (unpaired) electrons. The number of benzene rings is 1. The number of H-pyrrole nitrogens is 1. The van der Waals surface area contributed by atoms with Crippen molar-refractivity contribution in [2.45, 2.75) is 0 Å². The molecule has 0 saturated heterocycles. The highest BCUT2D eigenvalue weighted by Crippen LogP contribution is 2.12. The Labute approximate surface area is 72.0 Å². The SMILES string of the molecule is O=C([O-])c1nc2ccc(F)cc2[nH]1. The van der Waals surface area contributed by atoms with Crippen LogP contribution in [0.15, 0.2) is 18.2 Å². The van der Waals surface area contributed by atoms with Crippen molar-refractivity contribution in [3.05, 3.63) is 29.8 Å². The lowest BCUT2D eigenvalue weighted by atomic mass is 10.3. The molecule has 2 rings (SSSR count). The number of fused-ring (bicyclic) bond motifs is 1. The van der Waals surface area contributed by atoms with E-state index in [0.717, 1.165) is 0 Å². The lowest BCUT2D eigenvalue weighted by Crippen LogP contribution is -2.23. The van der Waals surface area contributed by atoms with Gasteiger partial charge in [0.25, 0.3) is 0 Å². The maximum absolute atomic E-state index is 12.6. The Hall–Kier alpha value is -1.91. The van der Waals surface area contributed by atoms with Crippen molar-refractivity contribution in [2.75, 3.05) is 0 Å². The molecule has 0 aliphatic carbocycles. The van der Waals surface area contributed by atoms with Gasteiger partial charge < -0.3 is 14.9 Å². The predicted molar refractivity (Wildman–Crippen MR) is 40.4 cm³/mol. The summed E-state index contributed by atoms with van der Waals surface area (Å²) < 4.78 is 12.6. The molecule has 0 fully saturated rings. The van der Waals surface area contributed by atoms with E-state index in [1.54, 1.807) is 0 Å².